The van der Waals surface area contributed by atoms with Crippen LogP contribution in [0.15, 0.2) is 59.5 Å². The summed E-state index contributed by atoms with van der Waals surface area (Å²) in [6, 6.07) is 12.9. The second-order valence-electron chi connectivity index (χ2n) is 3.68. The summed E-state index contributed by atoms with van der Waals surface area (Å²) in [7, 11) is -3.95. The number of para-hydroxylation sites is 1. The number of carboxylic acid groups (broad SMARTS) is 1. The average Bonchev–Trinajstić information content (AvgIpc) is 2.39. The molecule has 0 aliphatic carbocycles. The van der Waals surface area contributed by atoms with Gasteiger partial charge in [0.1, 0.15) is 10.6 Å². The van der Waals surface area contributed by atoms with Gasteiger partial charge in [0.15, 0.2) is 0 Å². The summed E-state index contributed by atoms with van der Waals surface area (Å²) in [6.45, 7) is 0. The Morgan fingerprint density at radius 3 is 2.05 bits per heavy atom. The molecule has 6 heteroatoms. The Bertz CT molecular complexity index is 675. The summed E-state index contributed by atoms with van der Waals surface area (Å²) in [5.41, 5.74) is 0.0126. The Hall–Kier alpha value is -2.34. The van der Waals surface area contributed by atoms with E-state index in [-0.39, 0.29) is 16.2 Å². The lowest BCUT2D eigenvalue weighted by Gasteiger charge is -2.06. The number of carboxylic acids is 1. The van der Waals surface area contributed by atoms with Crippen molar-refractivity contribution in [2.75, 3.05) is 0 Å². The van der Waals surface area contributed by atoms with Crippen molar-refractivity contribution >= 4 is 16.1 Å². The molecule has 0 aromatic heterocycles. The van der Waals surface area contributed by atoms with E-state index in [1.54, 1.807) is 18.2 Å². The van der Waals surface area contributed by atoms with Gasteiger partial charge in [-0.25, -0.2) is 4.79 Å². The Morgan fingerprint density at radius 1 is 0.947 bits per heavy atom. The predicted octanol–water partition coefficient (Wildman–Crippen LogP) is 2.15. The lowest BCUT2D eigenvalue weighted by Crippen LogP contribution is -2.10. The second kappa shape index (κ2) is 5.11. The highest BCUT2D eigenvalue weighted by Crippen LogP contribution is 2.18. The van der Waals surface area contributed by atoms with Crippen molar-refractivity contribution < 1.29 is 22.5 Å². The van der Waals surface area contributed by atoms with Crippen molar-refractivity contribution in [1.29, 1.82) is 0 Å². The summed E-state index contributed by atoms with van der Waals surface area (Å²) in [4.78, 5) is 10.6. The van der Waals surface area contributed by atoms with E-state index in [9.17, 15) is 13.2 Å². The highest BCUT2D eigenvalue weighted by Gasteiger charge is 2.17. The molecular weight excluding hydrogens is 268 g/mol. The van der Waals surface area contributed by atoms with Gasteiger partial charge >= 0.3 is 16.1 Å². The van der Waals surface area contributed by atoms with Gasteiger partial charge in [-0.2, -0.15) is 8.42 Å². The minimum absolute atomic E-state index is 0.0126. The minimum atomic E-state index is -3.95. The van der Waals surface area contributed by atoms with E-state index in [2.05, 4.69) is 0 Å². The summed E-state index contributed by atoms with van der Waals surface area (Å²) in [5.74, 6) is -0.919. The molecule has 5 nitrogen and oxygen atoms in total. The van der Waals surface area contributed by atoms with E-state index >= 15 is 0 Å². The fraction of sp³-hybridized carbons (Fsp3) is 0. The van der Waals surface area contributed by atoms with Gasteiger partial charge in [-0.05, 0) is 36.4 Å². The van der Waals surface area contributed by atoms with Gasteiger partial charge in [-0.15, -0.1) is 0 Å². The number of benzene rings is 2. The summed E-state index contributed by atoms with van der Waals surface area (Å²) >= 11 is 0. The second-order valence-corrected chi connectivity index (χ2v) is 5.23. The monoisotopic (exact) mass is 278 g/mol. The molecule has 0 saturated carbocycles. The van der Waals surface area contributed by atoms with Gasteiger partial charge in [0, 0.05) is 0 Å². The molecule has 0 saturated heterocycles. The zero-order chi connectivity index (χ0) is 13.9. The maximum absolute atomic E-state index is 11.9. The summed E-state index contributed by atoms with van der Waals surface area (Å²) in [5, 5.41) is 8.73. The average molecular weight is 278 g/mol. The zero-order valence-corrected chi connectivity index (χ0v) is 10.5. The number of carbonyl (C=O) groups is 1. The molecule has 0 bridgehead atoms. The highest BCUT2D eigenvalue weighted by atomic mass is 32.2. The van der Waals surface area contributed by atoms with Crippen LogP contribution in [0.1, 0.15) is 10.4 Å². The van der Waals surface area contributed by atoms with E-state index in [0.29, 0.717) is 0 Å². The van der Waals surface area contributed by atoms with Crippen LogP contribution in [0.2, 0.25) is 0 Å². The van der Waals surface area contributed by atoms with Gasteiger partial charge in [0.25, 0.3) is 0 Å². The van der Waals surface area contributed by atoms with Crippen molar-refractivity contribution in [2.24, 2.45) is 0 Å². The summed E-state index contributed by atoms with van der Waals surface area (Å²) < 4.78 is 28.7. The molecule has 0 fully saturated rings. The standard InChI is InChI=1S/C13H10O5S/c14-13(15)10-6-8-12(9-7-10)19(16,17)18-11-4-2-1-3-5-11/h1-9H,(H,14,15). The van der Waals surface area contributed by atoms with Crippen LogP contribution in [0.4, 0.5) is 0 Å². The third kappa shape index (κ3) is 3.11. The zero-order valence-electron chi connectivity index (χ0n) is 9.68. The number of hydrogen-bond donors (Lipinski definition) is 1. The summed E-state index contributed by atoms with van der Waals surface area (Å²) in [6.07, 6.45) is 0. The van der Waals surface area contributed by atoms with Gasteiger partial charge in [-0.1, -0.05) is 18.2 Å². The normalized spacial score (nSPS) is 10.9. The van der Waals surface area contributed by atoms with E-state index in [0.717, 1.165) is 0 Å². The first kappa shape index (κ1) is 13.1. The van der Waals surface area contributed by atoms with Crippen LogP contribution in [-0.4, -0.2) is 19.5 Å². The van der Waals surface area contributed by atoms with Gasteiger partial charge < -0.3 is 9.29 Å². The number of hydrogen-bond acceptors (Lipinski definition) is 4. The van der Waals surface area contributed by atoms with Gasteiger partial charge in [-0.3, -0.25) is 0 Å². The fourth-order valence-electron chi connectivity index (χ4n) is 1.42. The van der Waals surface area contributed by atoms with Gasteiger partial charge in [0.2, 0.25) is 0 Å². The van der Waals surface area contributed by atoms with E-state index < -0.39 is 16.1 Å². The Morgan fingerprint density at radius 2 is 1.53 bits per heavy atom. The molecule has 2 aromatic carbocycles. The molecule has 0 aliphatic heterocycles. The molecule has 0 radical (unpaired) electrons. The lowest BCUT2D eigenvalue weighted by atomic mass is 10.2. The van der Waals surface area contributed by atoms with E-state index in [4.69, 9.17) is 9.29 Å². The molecule has 98 valence electrons. The molecule has 0 unspecified atom stereocenters. The van der Waals surface area contributed by atoms with Crippen molar-refractivity contribution in [3.63, 3.8) is 0 Å². The predicted molar refractivity (Wildman–Crippen MR) is 67.7 cm³/mol. The number of aromatic carboxylic acids is 1. The largest absolute Gasteiger partial charge is 0.478 e. The maximum Gasteiger partial charge on any atom is 0.339 e. The van der Waals surface area contributed by atoms with Crippen molar-refractivity contribution in [3.05, 3.63) is 60.2 Å². The van der Waals surface area contributed by atoms with Crippen molar-refractivity contribution in [2.45, 2.75) is 4.90 Å². The van der Waals surface area contributed by atoms with Crippen LogP contribution in [0.5, 0.6) is 5.75 Å². The SMILES string of the molecule is O=C(O)c1ccc(S(=O)(=O)Oc2ccccc2)cc1. The lowest BCUT2D eigenvalue weighted by molar-refractivity contribution is 0.0696. The Kier molecular flexibility index (Phi) is 3.52. The molecule has 0 aliphatic rings. The van der Waals surface area contributed by atoms with Crippen molar-refractivity contribution in [1.82, 2.24) is 0 Å². The molecule has 2 rings (SSSR count). The quantitative estimate of drug-likeness (QED) is 0.867. The Labute approximate surface area is 110 Å². The molecule has 0 atom stereocenters. The van der Waals surface area contributed by atoms with E-state index in [1.165, 1.54) is 36.4 Å². The van der Waals surface area contributed by atoms with Crippen LogP contribution in [0, 0.1) is 0 Å². The van der Waals surface area contributed by atoms with E-state index in [1.807, 2.05) is 0 Å². The number of rotatable bonds is 4. The smallest absolute Gasteiger partial charge is 0.339 e. The first-order valence-electron chi connectivity index (χ1n) is 5.32. The first-order valence-corrected chi connectivity index (χ1v) is 6.73. The van der Waals surface area contributed by atoms with Crippen LogP contribution in [-0.2, 0) is 10.1 Å². The molecule has 2 aromatic rings. The third-order valence-electron chi connectivity index (χ3n) is 2.34. The highest BCUT2D eigenvalue weighted by molar-refractivity contribution is 7.87. The maximum atomic E-state index is 11.9. The Balaban J connectivity index is 2.27. The van der Waals surface area contributed by atoms with Crippen molar-refractivity contribution in [3.8, 4) is 5.75 Å². The molecule has 0 amide bonds. The van der Waals surface area contributed by atoms with Crippen LogP contribution in [0.3, 0.4) is 0 Å². The topological polar surface area (TPSA) is 80.7 Å². The van der Waals surface area contributed by atoms with Gasteiger partial charge in [0.05, 0.1) is 5.56 Å². The molecule has 19 heavy (non-hydrogen) atoms. The molecule has 1 N–H and O–H groups in total. The molecule has 0 spiro atoms. The first-order chi connectivity index (χ1) is 8.99. The van der Waals surface area contributed by atoms with Crippen LogP contribution < -0.4 is 4.18 Å². The minimum Gasteiger partial charge on any atom is -0.478 e. The van der Waals surface area contributed by atoms with Crippen LogP contribution in [0.25, 0.3) is 0 Å². The third-order valence-corrected chi connectivity index (χ3v) is 3.60. The molecular formula is C13H10O5S. The fourth-order valence-corrected chi connectivity index (χ4v) is 2.35. The molecule has 0 heterocycles. The van der Waals surface area contributed by atoms with Crippen LogP contribution >= 0.6 is 0 Å².